The number of rotatable bonds is 7. The number of benzene rings is 2. The molecule has 29 heavy (non-hydrogen) atoms. The Morgan fingerprint density at radius 2 is 1.83 bits per heavy atom. The highest BCUT2D eigenvalue weighted by Gasteiger charge is 2.30. The fourth-order valence-electron chi connectivity index (χ4n) is 2.78. The topological polar surface area (TPSA) is 119 Å². The van der Waals surface area contributed by atoms with E-state index >= 15 is 0 Å². The molecule has 0 atom stereocenters. The van der Waals surface area contributed by atoms with Gasteiger partial charge >= 0.3 is 0 Å². The predicted molar refractivity (Wildman–Crippen MR) is 105 cm³/mol. The predicted octanol–water partition coefficient (Wildman–Crippen LogP) is 3.55. The standard InChI is InChI=1S/C19H20N4O5S/c1-13(2)22(12-18-20-21-19(28-18)15-7-5-4-6-8-15)29(26,27)16-10-9-14(3)17(11-16)23(24)25/h4-11,13H,12H2,1-3H3. The molecule has 9 nitrogen and oxygen atoms in total. The van der Waals surface area contributed by atoms with Crippen molar-refractivity contribution in [2.75, 3.05) is 0 Å². The summed E-state index contributed by atoms with van der Waals surface area (Å²) in [4.78, 5) is 10.4. The van der Waals surface area contributed by atoms with Crippen molar-refractivity contribution in [3.05, 3.63) is 70.1 Å². The first-order chi connectivity index (χ1) is 13.7. The number of sulfonamides is 1. The first-order valence-corrected chi connectivity index (χ1v) is 10.3. The van der Waals surface area contributed by atoms with Gasteiger partial charge in [0, 0.05) is 23.2 Å². The molecule has 3 rings (SSSR count). The number of hydrogen-bond acceptors (Lipinski definition) is 7. The molecule has 1 heterocycles. The molecule has 0 amide bonds. The molecular weight excluding hydrogens is 396 g/mol. The third-order valence-corrected chi connectivity index (χ3v) is 6.36. The molecule has 0 radical (unpaired) electrons. The summed E-state index contributed by atoms with van der Waals surface area (Å²) in [6.45, 7) is 4.81. The van der Waals surface area contributed by atoms with Gasteiger partial charge < -0.3 is 4.42 Å². The van der Waals surface area contributed by atoms with Gasteiger partial charge in [-0.2, -0.15) is 4.31 Å². The van der Waals surface area contributed by atoms with Gasteiger partial charge in [0.15, 0.2) is 0 Å². The Morgan fingerprint density at radius 3 is 2.45 bits per heavy atom. The fraction of sp³-hybridized carbons (Fsp3) is 0.263. The number of aryl methyl sites for hydroxylation is 1. The minimum atomic E-state index is -4.03. The minimum absolute atomic E-state index is 0.128. The SMILES string of the molecule is Cc1ccc(S(=O)(=O)N(Cc2nnc(-c3ccccc3)o2)C(C)C)cc1[N+](=O)[O-]. The molecule has 0 aliphatic rings. The fourth-order valence-corrected chi connectivity index (χ4v) is 4.38. The molecule has 10 heteroatoms. The summed E-state index contributed by atoms with van der Waals surface area (Å²) in [7, 11) is -4.03. The molecule has 152 valence electrons. The van der Waals surface area contributed by atoms with Gasteiger partial charge in [0.1, 0.15) is 0 Å². The lowest BCUT2D eigenvalue weighted by atomic mass is 10.2. The van der Waals surface area contributed by atoms with E-state index < -0.39 is 21.0 Å². The zero-order chi connectivity index (χ0) is 21.2. The molecule has 0 spiro atoms. The van der Waals surface area contributed by atoms with Crippen molar-refractivity contribution in [3.8, 4) is 11.5 Å². The molecule has 0 N–H and O–H groups in total. The summed E-state index contributed by atoms with van der Waals surface area (Å²) in [6.07, 6.45) is 0. The molecule has 0 fully saturated rings. The first-order valence-electron chi connectivity index (χ1n) is 8.85. The minimum Gasteiger partial charge on any atom is -0.419 e. The normalized spacial score (nSPS) is 11.9. The van der Waals surface area contributed by atoms with Crippen LogP contribution in [0.15, 0.2) is 57.8 Å². The van der Waals surface area contributed by atoms with Crippen LogP contribution >= 0.6 is 0 Å². The number of nitrogens with zero attached hydrogens (tertiary/aromatic N) is 4. The highest BCUT2D eigenvalue weighted by Crippen LogP contribution is 2.27. The summed E-state index contributed by atoms with van der Waals surface area (Å²) in [6, 6.07) is 12.5. The van der Waals surface area contributed by atoms with Crippen LogP contribution in [0.1, 0.15) is 25.3 Å². The Labute approximate surface area is 168 Å². The average molecular weight is 416 g/mol. The number of hydrogen-bond donors (Lipinski definition) is 0. The summed E-state index contributed by atoms with van der Waals surface area (Å²) >= 11 is 0. The Morgan fingerprint density at radius 1 is 1.14 bits per heavy atom. The van der Waals surface area contributed by atoms with Crippen molar-refractivity contribution in [2.45, 2.75) is 38.3 Å². The van der Waals surface area contributed by atoms with E-state index in [2.05, 4.69) is 10.2 Å². The van der Waals surface area contributed by atoms with Gasteiger partial charge in [0.05, 0.1) is 16.4 Å². The van der Waals surface area contributed by atoms with Crippen LogP contribution in [0.2, 0.25) is 0 Å². The van der Waals surface area contributed by atoms with Gasteiger partial charge in [-0.3, -0.25) is 10.1 Å². The molecule has 0 unspecified atom stereocenters. The third kappa shape index (κ3) is 4.33. The monoisotopic (exact) mass is 416 g/mol. The molecule has 0 saturated carbocycles. The third-order valence-electron chi connectivity index (χ3n) is 4.34. The van der Waals surface area contributed by atoms with E-state index in [-0.39, 0.29) is 28.9 Å². The summed E-state index contributed by atoms with van der Waals surface area (Å²) < 4.78 is 33.1. The van der Waals surface area contributed by atoms with Crippen molar-refractivity contribution in [3.63, 3.8) is 0 Å². The van der Waals surface area contributed by atoms with E-state index in [1.54, 1.807) is 32.9 Å². The van der Waals surface area contributed by atoms with E-state index in [0.29, 0.717) is 5.56 Å². The number of nitro groups is 1. The van der Waals surface area contributed by atoms with E-state index in [1.165, 1.54) is 16.4 Å². The van der Waals surface area contributed by atoms with Gasteiger partial charge in [-0.1, -0.05) is 24.3 Å². The van der Waals surface area contributed by atoms with Crippen molar-refractivity contribution >= 4 is 15.7 Å². The summed E-state index contributed by atoms with van der Waals surface area (Å²) in [5.41, 5.74) is 0.854. The van der Waals surface area contributed by atoms with E-state index in [0.717, 1.165) is 11.6 Å². The van der Waals surface area contributed by atoms with Crippen LogP contribution in [0.3, 0.4) is 0 Å². The number of aromatic nitrogens is 2. The van der Waals surface area contributed by atoms with Crippen molar-refractivity contribution in [2.24, 2.45) is 0 Å². The van der Waals surface area contributed by atoms with Gasteiger partial charge in [-0.25, -0.2) is 8.42 Å². The molecule has 0 aliphatic carbocycles. The van der Waals surface area contributed by atoms with Crippen LogP contribution < -0.4 is 0 Å². The maximum absolute atomic E-state index is 13.2. The largest absolute Gasteiger partial charge is 0.419 e. The first kappa shape index (κ1) is 20.6. The van der Waals surface area contributed by atoms with Crippen LogP contribution in [0.25, 0.3) is 11.5 Å². The van der Waals surface area contributed by atoms with Gasteiger partial charge in [0.25, 0.3) is 5.69 Å². The van der Waals surface area contributed by atoms with Crippen molar-refractivity contribution < 1.29 is 17.8 Å². The van der Waals surface area contributed by atoms with Crippen LogP contribution in [-0.4, -0.2) is 33.9 Å². The maximum atomic E-state index is 13.2. The average Bonchev–Trinajstić information content (AvgIpc) is 3.15. The molecule has 0 saturated heterocycles. The lowest BCUT2D eigenvalue weighted by Crippen LogP contribution is -2.36. The zero-order valence-corrected chi connectivity index (χ0v) is 17.0. The lowest BCUT2D eigenvalue weighted by Gasteiger charge is -2.24. The molecule has 1 aromatic heterocycles. The highest BCUT2D eigenvalue weighted by atomic mass is 32.2. The van der Waals surface area contributed by atoms with Gasteiger partial charge in [0.2, 0.25) is 21.8 Å². The quantitative estimate of drug-likeness (QED) is 0.427. The smallest absolute Gasteiger partial charge is 0.273 e. The lowest BCUT2D eigenvalue weighted by molar-refractivity contribution is -0.385. The van der Waals surface area contributed by atoms with E-state index in [4.69, 9.17) is 4.42 Å². The molecule has 0 bridgehead atoms. The Hall–Kier alpha value is -3.11. The Kier molecular flexibility index (Phi) is 5.76. The molecule has 0 aliphatic heterocycles. The molecule has 3 aromatic rings. The van der Waals surface area contributed by atoms with Crippen LogP contribution in [0, 0.1) is 17.0 Å². The summed E-state index contributed by atoms with van der Waals surface area (Å²) in [5.74, 6) is 0.412. The Balaban J connectivity index is 1.93. The zero-order valence-electron chi connectivity index (χ0n) is 16.1. The second-order valence-corrected chi connectivity index (χ2v) is 8.61. The highest BCUT2D eigenvalue weighted by molar-refractivity contribution is 7.89. The second-order valence-electron chi connectivity index (χ2n) is 6.72. The maximum Gasteiger partial charge on any atom is 0.273 e. The van der Waals surface area contributed by atoms with Gasteiger partial charge in [-0.15, -0.1) is 10.2 Å². The van der Waals surface area contributed by atoms with Crippen LogP contribution in [-0.2, 0) is 16.6 Å². The second kappa shape index (κ2) is 8.10. The van der Waals surface area contributed by atoms with Crippen molar-refractivity contribution in [1.82, 2.24) is 14.5 Å². The van der Waals surface area contributed by atoms with Gasteiger partial charge in [-0.05, 0) is 39.0 Å². The van der Waals surface area contributed by atoms with E-state index in [1.807, 2.05) is 18.2 Å². The molecular formula is C19H20N4O5S. The van der Waals surface area contributed by atoms with Crippen LogP contribution in [0.4, 0.5) is 5.69 Å². The van der Waals surface area contributed by atoms with Crippen molar-refractivity contribution in [1.29, 1.82) is 0 Å². The van der Waals surface area contributed by atoms with Crippen LogP contribution in [0.5, 0.6) is 0 Å². The molecule has 2 aromatic carbocycles. The summed E-state index contributed by atoms with van der Waals surface area (Å²) in [5, 5.41) is 19.1. The number of nitro benzene ring substituents is 1. The Bertz CT molecular complexity index is 1130. The van der Waals surface area contributed by atoms with E-state index in [9.17, 15) is 18.5 Å².